The third kappa shape index (κ3) is 8.83. The molecule has 0 aliphatic carbocycles. The van der Waals surface area contributed by atoms with E-state index in [9.17, 15) is 0 Å². The second-order valence-electron chi connectivity index (χ2n) is 1.03. The Morgan fingerprint density at radius 2 is 1.83 bits per heavy atom. The fraction of sp³-hybridized carbons (Fsp3) is 0.500. The van der Waals surface area contributed by atoms with Crippen molar-refractivity contribution in [1.82, 2.24) is 0 Å². The topological polar surface area (TPSA) is 26.0 Å². The molecule has 0 aromatic carbocycles. The normalized spacial score (nSPS) is 10.0. The molecular weight excluding hydrogens is 153 g/mol. The minimum atomic E-state index is 0. The maximum absolute atomic E-state index is 5.15. The van der Waals surface area contributed by atoms with Gasteiger partial charge in [0.25, 0.3) is 0 Å². The Balaban J connectivity index is 0. The van der Waals surface area contributed by atoms with E-state index >= 15 is 0 Å². The van der Waals surface area contributed by atoms with Crippen molar-refractivity contribution in [3.8, 4) is 0 Å². The van der Waals surface area contributed by atoms with Crippen LogP contribution < -0.4 is 5.73 Å². The van der Waals surface area contributed by atoms with Crippen LogP contribution in [0.5, 0.6) is 0 Å². The van der Waals surface area contributed by atoms with E-state index in [-0.39, 0.29) is 26.2 Å². The predicted molar refractivity (Wildman–Crippen MR) is 23.6 cm³/mol. The quantitative estimate of drug-likeness (QED) is 0.562. The van der Waals surface area contributed by atoms with E-state index in [0.29, 0.717) is 0 Å². The summed E-state index contributed by atoms with van der Waals surface area (Å²) in [4.78, 5) is 0. The fourth-order valence-electron chi connectivity index (χ4n) is 0. The molecule has 0 aliphatic rings. The van der Waals surface area contributed by atoms with Crippen molar-refractivity contribution in [2.24, 2.45) is 5.73 Å². The average molecular weight is 162 g/mol. The molecule has 0 amide bonds. The molecule has 0 aromatic rings. The molecule has 2 N–H and O–H groups in total. The molecule has 0 atom stereocenters. The van der Waals surface area contributed by atoms with Crippen molar-refractivity contribution in [1.29, 1.82) is 0 Å². The molecule has 34 valence electrons. The minimum absolute atomic E-state index is 0. The maximum Gasteiger partial charge on any atom is 0.000552 e. The first-order valence-corrected chi connectivity index (χ1v) is 1.65. The Hall–Kier alpha value is 0.423. The summed E-state index contributed by atoms with van der Waals surface area (Å²) in [6, 6.07) is 0. The molecule has 0 unspecified atom stereocenters. The zero-order chi connectivity index (χ0) is 4.28. The molecule has 2 heteroatoms. The molecular formula is C4H9NZr. The summed E-state index contributed by atoms with van der Waals surface area (Å²) < 4.78 is 0. The molecule has 0 aromatic heterocycles. The first-order chi connectivity index (χ1) is 2.27. The predicted octanol–water partition coefficient (Wildman–Crippen LogP) is 0.866. The van der Waals surface area contributed by atoms with E-state index in [4.69, 9.17) is 5.73 Å². The molecule has 0 saturated carbocycles. The zero-order valence-corrected chi connectivity index (χ0v) is 6.61. The van der Waals surface area contributed by atoms with Crippen LogP contribution in [-0.4, -0.2) is 0 Å². The maximum atomic E-state index is 5.15. The van der Waals surface area contributed by atoms with Crippen LogP contribution in [0.3, 0.4) is 0 Å². The number of allylic oxidation sites excluding steroid dienone is 2. The third-order valence-corrected chi connectivity index (χ3v) is 0.455. The summed E-state index contributed by atoms with van der Waals surface area (Å²) in [5.41, 5.74) is 6.03. The van der Waals surface area contributed by atoms with E-state index < -0.39 is 0 Å². The Labute approximate surface area is 57.7 Å². The number of nitrogens with two attached hydrogens (primary N) is 1. The van der Waals surface area contributed by atoms with Crippen molar-refractivity contribution in [2.45, 2.75) is 13.8 Å². The van der Waals surface area contributed by atoms with Gasteiger partial charge in [-0.15, -0.1) is 0 Å². The van der Waals surface area contributed by atoms with Gasteiger partial charge in [0, 0.05) is 31.9 Å². The van der Waals surface area contributed by atoms with Crippen molar-refractivity contribution in [3.05, 3.63) is 11.8 Å². The molecule has 0 heterocycles. The van der Waals surface area contributed by atoms with Gasteiger partial charge in [-0.3, -0.25) is 0 Å². The van der Waals surface area contributed by atoms with Gasteiger partial charge >= 0.3 is 0 Å². The second-order valence-corrected chi connectivity index (χ2v) is 1.03. The van der Waals surface area contributed by atoms with Crippen molar-refractivity contribution in [3.63, 3.8) is 0 Å². The summed E-state index contributed by atoms with van der Waals surface area (Å²) in [5.74, 6) is 0. The molecule has 0 spiro atoms. The van der Waals surface area contributed by atoms with Gasteiger partial charge in [-0.2, -0.15) is 0 Å². The Morgan fingerprint density at radius 3 is 1.83 bits per heavy atom. The van der Waals surface area contributed by atoms with Gasteiger partial charge in [-0.05, 0) is 13.8 Å². The van der Waals surface area contributed by atoms with Crippen molar-refractivity contribution in [2.75, 3.05) is 0 Å². The van der Waals surface area contributed by atoms with Crippen LogP contribution >= 0.6 is 0 Å². The standard InChI is InChI=1S/C4H9N.Zr/c1-3-4(2)5;/h3H,5H2,1-2H3;. The van der Waals surface area contributed by atoms with E-state index in [0.717, 1.165) is 5.70 Å². The van der Waals surface area contributed by atoms with E-state index in [1.165, 1.54) is 0 Å². The molecule has 0 radical (unpaired) electrons. The summed E-state index contributed by atoms with van der Waals surface area (Å²) in [6.07, 6.45) is 1.86. The Kier molecular flexibility index (Phi) is 8.73. The Bertz CT molecular complexity index is 45.5. The fourth-order valence-corrected chi connectivity index (χ4v) is 0. The molecule has 0 saturated heterocycles. The zero-order valence-electron chi connectivity index (χ0n) is 4.15. The Morgan fingerprint density at radius 1 is 1.67 bits per heavy atom. The van der Waals surface area contributed by atoms with Gasteiger partial charge < -0.3 is 5.73 Å². The summed E-state index contributed by atoms with van der Waals surface area (Å²) in [5, 5.41) is 0. The molecule has 6 heavy (non-hydrogen) atoms. The molecule has 1 nitrogen and oxygen atoms in total. The molecule has 0 rings (SSSR count). The minimum Gasteiger partial charge on any atom is -0.403 e. The van der Waals surface area contributed by atoms with Crippen LogP contribution in [0.15, 0.2) is 11.8 Å². The van der Waals surface area contributed by atoms with Gasteiger partial charge in [-0.25, -0.2) is 0 Å². The largest absolute Gasteiger partial charge is 0.403 e. The molecule has 0 bridgehead atoms. The first kappa shape index (κ1) is 9.66. The van der Waals surface area contributed by atoms with Crippen LogP contribution in [0.2, 0.25) is 0 Å². The van der Waals surface area contributed by atoms with E-state index in [2.05, 4.69) is 0 Å². The van der Waals surface area contributed by atoms with Gasteiger partial charge in [0.2, 0.25) is 0 Å². The third-order valence-electron chi connectivity index (χ3n) is 0.455. The van der Waals surface area contributed by atoms with E-state index in [1.54, 1.807) is 0 Å². The van der Waals surface area contributed by atoms with E-state index in [1.807, 2.05) is 19.9 Å². The second kappa shape index (κ2) is 5.42. The summed E-state index contributed by atoms with van der Waals surface area (Å²) in [7, 11) is 0. The SMILES string of the molecule is CC=C(C)N.[Zr]. The van der Waals surface area contributed by atoms with Crippen LogP contribution in [0.4, 0.5) is 0 Å². The number of rotatable bonds is 0. The molecule has 0 aliphatic heterocycles. The van der Waals surface area contributed by atoms with Crippen molar-refractivity contribution >= 4 is 0 Å². The van der Waals surface area contributed by atoms with Gasteiger partial charge in [0.05, 0.1) is 0 Å². The van der Waals surface area contributed by atoms with Crippen molar-refractivity contribution < 1.29 is 26.2 Å². The molecule has 0 fully saturated rings. The monoisotopic (exact) mass is 161 g/mol. The number of hydrogen-bond acceptors (Lipinski definition) is 1. The van der Waals surface area contributed by atoms with Crippen LogP contribution in [0.25, 0.3) is 0 Å². The first-order valence-electron chi connectivity index (χ1n) is 1.65. The smallest absolute Gasteiger partial charge is 0.000552 e. The van der Waals surface area contributed by atoms with Crippen LogP contribution in [0.1, 0.15) is 13.8 Å². The number of hydrogen-bond donors (Lipinski definition) is 1. The summed E-state index contributed by atoms with van der Waals surface area (Å²) >= 11 is 0. The summed E-state index contributed by atoms with van der Waals surface area (Å²) in [6.45, 7) is 3.77. The van der Waals surface area contributed by atoms with Gasteiger partial charge in [0.15, 0.2) is 0 Å². The van der Waals surface area contributed by atoms with Gasteiger partial charge in [0.1, 0.15) is 0 Å². The van der Waals surface area contributed by atoms with Crippen LogP contribution in [0, 0.1) is 0 Å². The van der Waals surface area contributed by atoms with Gasteiger partial charge in [-0.1, -0.05) is 6.08 Å². The van der Waals surface area contributed by atoms with Crippen LogP contribution in [-0.2, 0) is 26.2 Å². The average Bonchev–Trinajstić information content (AvgIpc) is 1.38.